The molecule has 0 heterocycles. The average molecular weight is 153 g/mol. The Morgan fingerprint density at radius 2 is 2.11 bits per heavy atom. The summed E-state index contributed by atoms with van der Waals surface area (Å²) in [5, 5.41) is 12.4. The van der Waals surface area contributed by atoms with Gasteiger partial charge in [-0.3, -0.25) is 0 Å². The van der Waals surface area contributed by atoms with Crippen LogP contribution in [0.15, 0.2) is 0 Å². The molecule has 0 rings (SSSR count). The van der Waals surface area contributed by atoms with E-state index >= 15 is 0 Å². The van der Waals surface area contributed by atoms with Crippen LogP contribution in [-0.2, 0) is 10.0 Å². The van der Waals surface area contributed by atoms with Crippen molar-refractivity contribution in [2.75, 3.05) is 6.61 Å². The maximum atomic E-state index is 10.4. The van der Waals surface area contributed by atoms with Gasteiger partial charge in [-0.15, -0.1) is 0 Å². The standard InChI is InChI=1S/C4H11NO3S/c1-4(2-3-6)9(5,7)8/h4,6H,2-3H2,1H3,(H2,5,7,8). The SMILES string of the molecule is CC(CCO)S(N)(=O)=O. The Bertz CT molecular complexity index is 163. The first-order valence-electron chi connectivity index (χ1n) is 2.61. The van der Waals surface area contributed by atoms with Crippen molar-refractivity contribution >= 4 is 10.0 Å². The quantitative estimate of drug-likeness (QED) is 0.548. The van der Waals surface area contributed by atoms with Gasteiger partial charge in [0.15, 0.2) is 0 Å². The van der Waals surface area contributed by atoms with Gasteiger partial charge in [0.05, 0.1) is 5.25 Å². The van der Waals surface area contributed by atoms with Crippen LogP contribution < -0.4 is 5.14 Å². The van der Waals surface area contributed by atoms with Crippen LogP contribution >= 0.6 is 0 Å². The Balaban J connectivity index is 3.90. The van der Waals surface area contributed by atoms with Gasteiger partial charge in [0, 0.05) is 6.61 Å². The lowest BCUT2D eigenvalue weighted by Crippen LogP contribution is -2.26. The second-order valence-electron chi connectivity index (χ2n) is 1.91. The molecule has 1 unspecified atom stereocenters. The van der Waals surface area contributed by atoms with E-state index in [-0.39, 0.29) is 13.0 Å². The average Bonchev–Trinajstić information content (AvgIpc) is 1.64. The van der Waals surface area contributed by atoms with Crippen molar-refractivity contribution in [3.63, 3.8) is 0 Å². The molecule has 56 valence electrons. The molecule has 0 radical (unpaired) electrons. The molecule has 0 saturated carbocycles. The molecule has 0 aliphatic heterocycles. The van der Waals surface area contributed by atoms with Crippen molar-refractivity contribution in [2.45, 2.75) is 18.6 Å². The van der Waals surface area contributed by atoms with Crippen LogP contribution in [0.3, 0.4) is 0 Å². The van der Waals surface area contributed by atoms with Gasteiger partial charge in [-0.1, -0.05) is 0 Å². The Labute approximate surface area is 54.7 Å². The maximum Gasteiger partial charge on any atom is 0.211 e. The third kappa shape index (κ3) is 3.45. The number of rotatable bonds is 3. The van der Waals surface area contributed by atoms with E-state index in [2.05, 4.69) is 0 Å². The van der Waals surface area contributed by atoms with E-state index in [4.69, 9.17) is 10.2 Å². The molecule has 0 aromatic rings. The van der Waals surface area contributed by atoms with E-state index in [0.717, 1.165) is 0 Å². The first kappa shape index (κ1) is 8.87. The van der Waals surface area contributed by atoms with E-state index in [0.29, 0.717) is 0 Å². The molecule has 0 aliphatic carbocycles. The molecule has 0 saturated heterocycles. The number of hydrogen-bond donors (Lipinski definition) is 2. The highest BCUT2D eigenvalue weighted by Gasteiger charge is 2.13. The predicted octanol–water partition coefficient (Wildman–Crippen LogP) is -0.954. The zero-order chi connectivity index (χ0) is 7.49. The third-order valence-electron chi connectivity index (χ3n) is 1.10. The van der Waals surface area contributed by atoms with Crippen molar-refractivity contribution in [2.24, 2.45) is 5.14 Å². The van der Waals surface area contributed by atoms with Crippen LogP contribution in [0.5, 0.6) is 0 Å². The summed E-state index contributed by atoms with van der Waals surface area (Å²) >= 11 is 0. The lowest BCUT2D eigenvalue weighted by Gasteiger charge is -2.04. The van der Waals surface area contributed by atoms with Gasteiger partial charge in [-0.2, -0.15) is 0 Å². The molecule has 1 atom stereocenters. The van der Waals surface area contributed by atoms with Crippen molar-refractivity contribution in [3.8, 4) is 0 Å². The topological polar surface area (TPSA) is 80.4 Å². The van der Waals surface area contributed by atoms with Crippen molar-refractivity contribution in [1.82, 2.24) is 0 Å². The zero-order valence-corrected chi connectivity index (χ0v) is 6.06. The minimum absolute atomic E-state index is 0.141. The summed E-state index contributed by atoms with van der Waals surface area (Å²) in [6.07, 6.45) is 0.207. The summed E-state index contributed by atoms with van der Waals surface area (Å²) < 4.78 is 20.8. The van der Waals surface area contributed by atoms with Crippen LogP contribution in [0.2, 0.25) is 0 Å². The summed E-state index contributed by atoms with van der Waals surface area (Å²) in [5.74, 6) is 0. The van der Waals surface area contributed by atoms with Crippen molar-refractivity contribution < 1.29 is 13.5 Å². The summed E-state index contributed by atoms with van der Waals surface area (Å²) in [5.41, 5.74) is 0. The molecular weight excluding hydrogens is 142 g/mol. The summed E-state index contributed by atoms with van der Waals surface area (Å²) in [4.78, 5) is 0. The molecule has 0 bridgehead atoms. The monoisotopic (exact) mass is 153 g/mol. The highest BCUT2D eigenvalue weighted by Crippen LogP contribution is 1.98. The highest BCUT2D eigenvalue weighted by atomic mass is 32.2. The second kappa shape index (κ2) is 3.14. The normalized spacial score (nSPS) is 15.4. The van der Waals surface area contributed by atoms with Crippen LogP contribution in [0, 0.1) is 0 Å². The molecule has 3 N–H and O–H groups in total. The lowest BCUT2D eigenvalue weighted by molar-refractivity contribution is 0.287. The highest BCUT2D eigenvalue weighted by molar-refractivity contribution is 7.89. The van der Waals surface area contributed by atoms with Gasteiger partial charge in [0.1, 0.15) is 0 Å². The van der Waals surface area contributed by atoms with Gasteiger partial charge < -0.3 is 5.11 Å². The predicted molar refractivity (Wildman–Crippen MR) is 34.3 cm³/mol. The molecular formula is C4H11NO3S. The molecule has 0 spiro atoms. The Kier molecular flexibility index (Phi) is 3.10. The minimum Gasteiger partial charge on any atom is -0.396 e. The minimum atomic E-state index is -3.42. The zero-order valence-electron chi connectivity index (χ0n) is 5.24. The number of aliphatic hydroxyl groups is 1. The van der Waals surface area contributed by atoms with E-state index in [1.165, 1.54) is 6.92 Å². The van der Waals surface area contributed by atoms with Crippen LogP contribution in [0.4, 0.5) is 0 Å². The van der Waals surface area contributed by atoms with E-state index in [1.807, 2.05) is 0 Å². The fourth-order valence-corrected chi connectivity index (χ4v) is 0.780. The number of nitrogens with two attached hydrogens (primary N) is 1. The first-order valence-corrected chi connectivity index (χ1v) is 4.22. The molecule has 5 heteroatoms. The molecule has 0 aliphatic rings. The number of aliphatic hydroxyl groups excluding tert-OH is 1. The number of primary sulfonamides is 1. The molecule has 0 amide bonds. The van der Waals surface area contributed by atoms with E-state index < -0.39 is 15.3 Å². The summed E-state index contributed by atoms with van der Waals surface area (Å²) in [7, 11) is -3.42. The fraction of sp³-hybridized carbons (Fsp3) is 1.00. The molecule has 0 fully saturated rings. The van der Waals surface area contributed by atoms with Crippen LogP contribution in [0.1, 0.15) is 13.3 Å². The molecule has 9 heavy (non-hydrogen) atoms. The van der Waals surface area contributed by atoms with Crippen molar-refractivity contribution in [3.05, 3.63) is 0 Å². The van der Waals surface area contributed by atoms with Gasteiger partial charge in [-0.25, -0.2) is 13.6 Å². The van der Waals surface area contributed by atoms with Gasteiger partial charge in [0.2, 0.25) is 10.0 Å². The van der Waals surface area contributed by atoms with Gasteiger partial charge in [0.25, 0.3) is 0 Å². The molecule has 4 nitrogen and oxygen atoms in total. The van der Waals surface area contributed by atoms with E-state index in [9.17, 15) is 8.42 Å². The summed E-state index contributed by atoms with van der Waals surface area (Å²) in [6, 6.07) is 0. The second-order valence-corrected chi connectivity index (χ2v) is 3.89. The van der Waals surface area contributed by atoms with Gasteiger partial charge in [-0.05, 0) is 13.3 Å². The molecule has 0 aromatic carbocycles. The third-order valence-corrected chi connectivity index (χ3v) is 2.45. The fourth-order valence-electron chi connectivity index (χ4n) is 0.346. The van der Waals surface area contributed by atoms with Crippen LogP contribution in [-0.4, -0.2) is 25.4 Å². The smallest absolute Gasteiger partial charge is 0.211 e. The van der Waals surface area contributed by atoms with Crippen molar-refractivity contribution in [1.29, 1.82) is 0 Å². The Morgan fingerprint density at radius 1 is 1.67 bits per heavy atom. The summed E-state index contributed by atoms with van der Waals surface area (Å²) in [6.45, 7) is 1.32. The van der Waals surface area contributed by atoms with Crippen LogP contribution in [0.25, 0.3) is 0 Å². The number of hydrogen-bond acceptors (Lipinski definition) is 3. The maximum absolute atomic E-state index is 10.4. The lowest BCUT2D eigenvalue weighted by atomic mass is 10.4. The number of sulfonamides is 1. The first-order chi connectivity index (χ1) is 3.98. The molecule has 0 aromatic heterocycles. The Morgan fingerprint density at radius 3 is 2.22 bits per heavy atom. The Hall–Kier alpha value is -0.130. The van der Waals surface area contributed by atoms with E-state index in [1.54, 1.807) is 0 Å². The van der Waals surface area contributed by atoms with Gasteiger partial charge >= 0.3 is 0 Å². The largest absolute Gasteiger partial charge is 0.396 e.